The third-order valence-corrected chi connectivity index (χ3v) is 5.36. The Balaban J connectivity index is 1.89. The maximum Gasteiger partial charge on any atom is 0.0897 e. The van der Waals surface area contributed by atoms with Crippen LogP contribution < -0.4 is 5.32 Å². The van der Waals surface area contributed by atoms with E-state index in [1.54, 1.807) is 0 Å². The minimum atomic E-state index is 0.207. The summed E-state index contributed by atoms with van der Waals surface area (Å²) in [5, 5.41) is 6.98. The highest BCUT2D eigenvalue weighted by Gasteiger charge is 2.30. The van der Waals surface area contributed by atoms with Crippen LogP contribution in [0.5, 0.6) is 0 Å². The lowest BCUT2D eigenvalue weighted by Crippen LogP contribution is -2.49. The predicted molar refractivity (Wildman–Crippen MR) is 90.1 cm³/mol. The van der Waals surface area contributed by atoms with Crippen molar-refractivity contribution in [2.45, 2.75) is 32.0 Å². The van der Waals surface area contributed by atoms with Crippen molar-refractivity contribution in [3.8, 4) is 0 Å². The smallest absolute Gasteiger partial charge is 0.0897 e. The highest BCUT2D eigenvalue weighted by Crippen LogP contribution is 2.32. The van der Waals surface area contributed by atoms with E-state index in [2.05, 4.69) is 53.7 Å². The molecule has 4 heteroatoms. The van der Waals surface area contributed by atoms with Gasteiger partial charge in [0.1, 0.15) is 0 Å². The number of nitrogens with one attached hydrogen (secondary N) is 1. The Hall–Kier alpha value is -0.940. The number of nitrogens with zero attached hydrogens (tertiary/aromatic N) is 1. The average Bonchev–Trinajstić information content (AvgIpc) is 2.97. The van der Waals surface area contributed by atoms with Crippen LogP contribution in [-0.4, -0.2) is 43.8 Å². The molecule has 1 aliphatic rings. The normalized spacial score (nSPS) is 22.0. The molecule has 0 aliphatic carbocycles. The molecular weight excluding hydrogens is 280 g/mol. The molecule has 0 radical (unpaired) electrons. The molecule has 0 spiro atoms. The molecule has 3 rings (SSSR count). The first kappa shape index (κ1) is 15.0. The summed E-state index contributed by atoms with van der Waals surface area (Å²) in [6.45, 7) is 7.37. The van der Waals surface area contributed by atoms with E-state index in [0.717, 1.165) is 19.7 Å². The summed E-state index contributed by atoms with van der Waals surface area (Å²) in [7, 11) is 2.04. The van der Waals surface area contributed by atoms with Crippen molar-refractivity contribution in [1.82, 2.24) is 10.2 Å². The van der Waals surface area contributed by atoms with E-state index in [4.69, 9.17) is 4.74 Å². The lowest BCUT2D eigenvalue weighted by Gasteiger charge is -2.39. The van der Waals surface area contributed by atoms with Crippen molar-refractivity contribution in [2.24, 2.45) is 0 Å². The minimum Gasteiger partial charge on any atom is -0.374 e. The van der Waals surface area contributed by atoms with Gasteiger partial charge in [-0.2, -0.15) is 0 Å². The van der Waals surface area contributed by atoms with Crippen molar-refractivity contribution in [2.75, 3.05) is 26.7 Å². The SMILES string of the molecule is CNC(c1cccc2ccsc12)C1CN(C(C)C)CCO1. The fourth-order valence-electron chi connectivity index (χ4n) is 3.17. The number of thiophene rings is 1. The number of likely N-dealkylation sites (N-methyl/N-ethyl adjacent to an activating group) is 1. The Morgan fingerprint density at radius 2 is 2.19 bits per heavy atom. The van der Waals surface area contributed by atoms with Gasteiger partial charge in [0.05, 0.1) is 18.8 Å². The lowest BCUT2D eigenvalue weighted by molar-refractivity contribution is -0.0548. The largest absolute Gasteiger partial charge is 0.374 e. The Morgan fingerprint density at radius 3 is 2.95 bits per heavy atom. The van der Waals surface area contributed by atoms with Crippen molar-refractivity contribution >= 4 is 21.4 Å². The highest BCUT2D eigenvalue weighted by molar-refractivity contribution is 7.17. The zero-order chi connectivity index (χ0) is 14.8. The minimum absolute atomic E-state index is 0.207. The Kier molecular flexibility index (Phi) is 4.60. The molecule has 2 unspecified atom stereocenters. The van der Waals surface area contributed by atoms with Gasteiger partial charge in [-0.15, -0.1) is 11.3 Å². The van der Waals surface area contributed by atoms with Crippen LogP contribution in [-0.2, 0) is 4.74 Å². The zero-order valence-corrected chi connectivity index (χ0v) is 13.8. The van der Waals surface area contributed by atoms with E-state index in [1.165, 1.54) is 15.6 Å². The van der Waals surface area contributed by atoms with Crippen molar-refractivity contribution < 1.29 is 4.74 Å². The van der Waals surface area contributed by atoms with E-state index < -0.39 is 0 Å². The van der Waals surface area contributed by atoms with Crippen molar-refractivity contribution in [3.63, 3.8) is 0 Å². The summed E-state index contributed by atoms with van der Waals surface area (Å²) < 4.78 is 7.47. The van der Waals surface area contributed by atoms with Crippen LogP contribution >= 0.6 is 11.3 Å². The van der Waals surface area contributed by atoms with Crippen molar-refractivity contribution in [1.29, 1.82) is 0 Å². The third kappa shape index (κ3) is 2.99. The number of morpholine rings is 1. The molecule has 1 aromatic heterocycles. The topological polar surface area (TPSA) is 24.5 Å². The van der Waals surface area contributed by atoms with E-state index in [1.807, 2.05) is 18.4 Å². The van der Waals surface area contributed by atoms with Gasteiger partial charge in [0.2, 0.25) is 0 Å². The van der Waals surface area contributed by atoms with Gasteiger partial charge in [-0.05, 0) is 43.3 Å². The molecule has 0 amide bonds. The number of ether oxygens (including phenoxy) is 1. The molecule has 2 heterocycles. The second kappa shape index (κ2) is 6.44. The van der Waals surface area contributed by atoms with E-state index >= 15 is 0 Å². The van der Waals surface area contributed by atoms with Crippen LogP contribution in [0.3, 0.4) is 0 Å². The van der Waals surface area contributed by atoms with Crippen LogP contribution in [0.4, 0.5) is 0 Å². The Bertz CT molecular complexity index is 595. The Morgan fingerprint density at radius 1 is 1.33 bits per heavy atom. The quantitative estimate of drug-likeness (QED) is 0.938. The summed E-state index contributed by atoms with van der Waals surface area (Å²) in [5.41, 5.74) is 1.36. The predicted octanol–water partition coefficient (Wildman–Crippen LogP) is 3.27. The number of hydrogen-bond donors (Lipinski definition) is 1. The van der Waals surface area contributed by atoms with E-state index in [9.17, 15) is 0 Å². The van der Waals surface area contributed by atoms with Crippen LogP contribution in [0.25, 0.3) is 10.1 Å². The molecule has 2 atom stereocenters. The second-order valence-corrected chi connectivity index (χ2v) is 6.87. The number of hydrogen-bond acceptors (Lipinski definition) is 4. The molecule has 21 heavy (non-hydrogen) atoms. The van der Waals surface area contributed by atoms with Gasteiger partial charge >= 0.3 is 0 Å². The summed E-state index contributed by atoms with van der Waals surface area (Å²) in [6, 6.07) is 9.58. The standard InChI is InChI=1S/C17H24N2OS/c1-12(2)19-8-9-20-15(11-19)16(18-3)14-6-4-5-13-7-10-21-17(13)14/h4-7,10,12,15-16,18H,8-9,11H2,1-3H3. The molecule has 3 nitrogen and oxygen atoms in total. The first-order valence-electron chi connectivity index (χ1n) is 7.69. The first-order valence-corrected chi connectivity index (χ1v) is 8.57. The van der Waals surface area contributed by atoms with Gasteiger partial charge in [-0.3, -0.25) is 4.90 Å². The molecule has 1 aliphatic heterocycles. The summed E-state index contributed by atoms with van der Waals surface area (Å²) in [4.78, 5) is 2.51. The first-order chi connectivity index (χ1) is 10.2. The highest BCUT2D eigenvalue weighted by atomic mass is 32.1. The maximum absolute atomic E-state index is 6.09. The molecule has 114 valence electrons. The zero-order valence-electron chi connectivity index (χ0n) is 13.0. The van der Waals surface area contributed by atoms with Gasteiger partial charge in [-0.1, -0.05) is 18.2 Å². The van der Waals surface area contributed by atoms with E-state index in [0.29, 0.717) is 6.04 Å². The maximum atomic E-state index is 6.09. The molecule has 1 N–H and O–H groups in total. The number of rotatable bonds is 4. The third-order valence-electron chi connectivity index (χ3n) is 4.38. The van der Waals surface area contributed by atoms with Crippen LogP contribution in [0, 0.1) is 0 Å². The van der Waals surface area contributed by atoms with Crippen LogP contribution in [0.15, 0.2) is 29.6 Å². The van der Waals surface area contributed by atoms with E-state index in [-0.39, 0.29) is 12.1 Å². The summed E-state index contributed by atoms with van der Waals surface area (Å²) in [5.74, 6) is 0. The van der Waals surface area contributed by atoms with Crippen LogP contribution in [0.1, 0.15) is 25.5 Å². The molecule has 0 bridgehead atoms. The average molecular weight is 304 g/mol. The number of fused-ring (bicyclic) bond motifs is 1. The van der Waals surface area contributed by atoms with Gasteiger partial charge in [0.15, 0.2) is 0 Å². The molecule has 1 saturated heterocycles. The molecule has 0 saturated carbocycles. The second-order valence-electron chi connectivity index (χ2n) is 5.95. The van der Waals surface area contributed by atoms with Gasteiger partial charge in [-0.25, -0.2) is 0 Å². The fourth-order valence-corrected chi connectivity index (χ4v) is 4.12. The lowest BCUT2D eigenvalue weighted by atomic mass is 9.98. The Labute approximate surface area is 130 Å². The summed E-state index contributed by atoms with van der Waals surface area (Å²) >= 11 is 1.82. The van der Waals surface area contributed by atoms with Gasteiger partial charge in [0.25, 0.3) is 0 Å². The molecule has 1 aromatic carbocycles. The fraction of sp³-hybridized carbons (Fsp3) is 0.529. The molecule has 1 fully saturated rings. The number of benzene rings is 1. The monoisotopic (exact) mass is 304 g/mol. The summed E-state index contributed by atoms with van der Waals surface area (Å²) in [6.07, 6.45) is 0.207. The van der Waals surface area contributed by atoms with Gasteiger partial charge in [0, 0.05) is 23.8 Å². The molecule has 2 aromatic rings. The molecular formula is C17H24N2OS. The van der Waals surface area contributed by atoms with Crippen molar-refractivity contribution in [3.05, 3.63) is 35.2 Å². The van der Waals surface area contributed by atoms with Crippen LogP contribution in [0.2, 0.25) is 0 Å². The van der Waals surface area contributed by atoms with Gasteiger partial charge < -0.3 is 10.1 Å².